The molecular formula is C19H21NO. The fraction of sp³-hybridized carbons (Fsp3) is 0.368. The molecule has 4 rings (SSSR count). The van der Waals surface area contributed by atoms with Crippen LogP contribution in [0.3, 0.4) is 0 Å². The Bertz CT molecular complexity index is 664. The standard InChI is InChI=1S/C19H21NO/c21-17-5-3-9-20(13-17)12-14-7-8-19-16(10-14)11-15-4-1-2-6-18(15)19/h1-2,4,6-8,10,17,21H,3,5,9,11-13H2/t17-/m1/s1. The van der Waals surface area contributed by atoms with E-state index in [0.717, 1.165) is 38.9 Å². The maximum absolute atomic E-state index is 9.79. The molecule has 1 fully saturated rings. The van der Waals surface area contributed by atoms with E-state index < -0.39 is 0 Å². The van der Waals surface area contributed by atoms with Crippen LogP contribution < -0.4 is 0 Å². The maximum Gasteiger partial charge on any atom is 0.0667 e. The molecule has 1 aliphatic carbocycles. The number of rotatable bonds is 2. The predicted octanol–water partition coefficient (Wildman–Crippen LogP) is 3.21. The molecule has 108 valence electrons. The quantitative estimate of drug-likeness (QED) is 0.778. The first-order valence-electron chi connectivity index (χ1n) is 7.90. The van der Waals surface area contributed by atoms with Crippen LogP contribution in [-0.2, 0) is 13.0 Å². The SMILES string of the molecule is O[C@@H]1CCCN(Cc2ccc3c(c2)Cc2ccccc2-3)C1. The van der Waals surface area contributed by atoms with Crippen molar-refractivity contribution in [3.05, 3.63) is 59.2 Å². The Morgan fingerprint density at radius 3 is 2.81 bits per heavy atom. The molecular weight excluding hydrogens is 258 g/mol. The van der Waals surface area contributed by atoms with E-state index in [9.17, 15) is 5.11 Å². The molecule has 1 heterocycles. The summed E-state index contributed by atoms with van der Waals surface area (Å²) in [5, 5.41) is 9.79. The molecule has 0 aromatic heterocycles. The van der Waals surface area contributed by atoms with Gasteiger partial charge in [0.05, 0.1) is 6.10 Å². The van der Waals surface area contributed by atoms with Crippen molar-refractivity contribution in [2.45, 2.75) is 31.9 Å². The number of hydrogen-bond acceptors (Lipinski definition) is 2. The highest BCUT2D eigenvalue weighted by Gasteiger charge is 2.20. The number of nitrogens with zero attached hydrogens (tertiary/aromatic N) is 1. The lowest BCUT2D eigenvalue weighted by Crippen LogP contribution is -2.37. The van der Waals surface area contributed by atoms with Gasteiger partial charge in [0.2, 0.25) is 0 Å². The number of piperidine rings is 1. The summed E-state index contributed by atoms with van der Waals surface area (Å²) in [5.74, 6) is 0. The van der Waals surface area contributed by atoms with Crippen LogP contribution in [0.25, 0.3) is 11.1 Å². The smallest absolute Gasteiger partial charge is 0.0667 e. The first-order valence-corrected chi connectivity index (χ1v) is 7.90. The minimum atomic E-state index is -0.141. The van der Waals surface area contributed by atoms with Crippen molar-refractivity contribution in [2.75, 3.05) is 13.1 Å². The lowest BCUT2D eigenvalue weighted by Gasteiger charge is -2.30. The van der Waals surface area contributed by atoms with Crippen LogP contribution in [0.5, 0.6) is 0 Å². The predicted molar refractivity (Wildman–Crippen MR) is 85.2 cm³/mol. The molecule has 2 aliphatic rings. The highest BCUT2D eigenvalue weighted by Crippen LogP contribution is 2.36. The summed E-state index contributed by atoms with van der Waals surface area (Å²) in [7, 11) is 0. The number of hydrogen-bond donors (Lipinski definition) is 1. The molecule has 0 saturated carbocycles. The van der Waals surface area contributed by atoms with Gasteiger partial charge < -0.3 is 5.11 Å². The second kappa shape index (κ2) is 5.28. The van der Waals surface area contributed by atoms with Crippen LogP contribution in [0, 0.1) is 0 Å². The molecule has 2 aromatic rings. The summed E-state index contributed by atoms with van der Waals surface area (Å²) >= 11 is 0. The van der Waals surface area contributed by atoms with Crippen molar-refractivity contribution in [1.29, 1.82) is 0 Å². The van der Waals surface area contributed by atoms with Gasteiger partial charge in [-0.25, -0.2) is 0 Å². The van der Waals surface area contributed by atoms with E-state index in [4.69, 9.17) is 0 Å². The van der Waals surface area contributed by atoms with Crippen molar-refractivity contribution in [3.8, 4) is 11.1 Å². The van der Waals surface area contributed by atoms with E-state index in [1.165, 1.54) is 27.8 Å². The molecule has 0 unspecified atom stereocenters. The third-order valence-electron chi connectivity index (χ3n) is 4.74. The first kappa shape index (κ1) is 13.1. The van der Waals surface area contributed by atoms with Crippen LogP contribution in [0.2, 0.25) is 0 Å². The molecule has 2 nitrogen and oxygen atoms in total. The van der Waals surface area contributed by atoms with Crippen LogP contribution in [-0.4, -0.2) is 29.2 Å². The molecule has 0 spiro atoms. The molecule has 2 heteroatoms. The maximum atomic E-state index is 9.79. The molecule has 0 radical (unpaired) electrons. The van der Waals surface area contributed by atoms with Gasteiger partial charge in [-0.1, -0.05) is 42.5 Å². The summed E-state index contributed by atoms with van der Waals surface area (Å²) in [4.78, 5) is 2.37. The molecule has 21 heavy (non-hydrogen) atoms. The van der Waals surface area contributed by atoms with Gasteiger partial charge in [-0.05, 0) is 53.6 Å². The lowest BCUT2D eigenvalue weighted by molar-refractivity contribution is 0.0668. The lowest BCUT2D eigenvalue weighted by atomic mass is 10.0. The number of benzene rings is 2. The highest BCUT2D eigenvalue weighted by atomic mass is 16.3. The van der Waals surface area contributed by atoms with Gasteiger partial charge in [-0.2, -0.15) is 0 Å². The van der Waals surface area contributed by atoms with Crippen molar-refractivity contribution < 1.29 is 5.11 Å². The summed E-state index contributed by atoms with van der Waals surface area (Å²) in [6.45, 7) is 2.88. The number of aliphatic hydroxyl groups excluding tert-OH is 1. The van der Waals surface area contributed by atoms with E-state index >= 15 is 0 Å². The topological polar surface area (TPSA) is 23.5 Å². The normalized spacial score (nSPS) is 21.1. The van der Waals surface area contributed by atoms with Crippen LogP contribution in [0.1, 0.15) is 29.5 Å². The Morgan fingerprint density at radius 1 is 1.05 bits per heavy atom. The Morgan fingerprint density at radius 2 is 1.90 bits per heavy atom. The Hall–Kier alpha value is -1.64. The zero-order valence-electron chi connectivity index (χ0n) is 12.3. The van der Waals surface area contributed by atoms with Crippen LogP contribution in [0.4, 0.5) is 0 Å². The number of fused-ring (bicyclic) bond motifs is 3. The van der Waals surface area contributed by atoms with Gasteiger partial charge in [0.1, 0.15) is 0 Å². The Balaban J connectivity index is 1.56. The monoisotopic (exact) mass is 279 g/mol. The number of aliphatic hydroxyl groups is 1. The minimum Gasteiger partial charge on any atom is -0.392 e. The van der Waals surface area contributed by atoms with E-state index in [1.807, 2.05) is 0 Å². The molecule has 0 bridgehead atoms. The van der Waals surface area contributed by atoms with Crippen molar-refractivity contribution in [2.24, 2.45) is 0 Å². The largest absolute Gasteiger partial charge is 0.392 e. The Labute approximate surface area is 126 Å². The van der Waals surface area contributed by atoms with Crippen molar-refractivity contribution in [3.63, 3.8) is 0 Å². The van der Waals surface area contributed by atoms with Crippen LogP contribution in [0.15, 0.2) is 42.5 Å². The summed E-state index contributed by atoms with van der Waals surface area (Å²) in [6.07, 6.45) is 2.98. The average Bonchev–Trinajstić information content (AvgIpc) is 2.85. The average molecular weight is 279 g/mol. The van der Waals surface area contributed by atoms with Crippen molar-refractivity contribution >= 4 is 0 Å². The molecule has 1 aliphatic heterocycles. The minimum absolute atomic E-state index is 0.141. The summed E-state index contributed by atoms with van der Waals surface area (Å²) < 4.78 is 0. The number of β-amino-alcohol motifs (C(OH)–C–C–N with tert-alkyl or cyclic N) is 1. The second-order valence-corrected chi connectivity index (χ2v) is 6.36. The van der Waals surface area contributed by atoms with E-state index in [1.54, 1.807) is 0 Å². The molecule has 0 amide bonds. The summed E-state index contributed by atoms with van der Waals surface area (Å²) in [6, 6.07) is 15.6. The van der Waals surface area contributed by atoms with E-state index in [0.29, 0.717) is 0 Å². The summed E-state index contributed by atoms with van der Waals surface area (Å²) in [5.41, 5.74) is 7.06. The third-order valence-corrected chi connectivity index (χ3v) is 4.74. The van der Waals surface area contributed by atoms with Gasteiger partial charge in [0, 0.05) is 13.1 Å². The molecule has 1 saturated heterocycles. The van der Waals surface area contributed by atoms with Gasteiger partial charge in [-0.15, -0.1) is 0 Å². The zero-order chi connectivity index (χ0) is 14.2. The fourth-order valence-corrected chi connectivity index (χ4v) is 3.73. The van der Waals surface area contributed by atoms with Gasteiger partial charge >= 0.3 is 0 Å². The molecule has 1 N–H and O–H groups in total. The Kier molecular flexibility index (Phi) is 3.28. The van der Waals surface area contributed by atoms with E-state index in [-0.39, 0.29) is 6.10 Å². The first-order chi connectivity index (χ1) is 10.3. The second-order valence-electron chi connectivity index (χ2n) is 6.36. The molecule has 1 atom stereocenters. The highest BCUT2D eigenvalue weighted by molar-refractivity contribution is 5.76. The third kappa shape index (κ3) is 2.50. The number of likely N-dealkylation sites (tertiary alicyclic amines) is 1. The fourth-order valence-electron chi connectivity index (χ4n) is 3.73. The van der Waals surface area contributed by atoms with Crippen molar-refractivity contribution in [1.82, 2.24) is 4.90 Å². The van der Waals surface area contributed by atoms with Gasteiger partial charge in [0.15, 0.2) is 0 Å². The van der Waals surface area contributed by atoms with Gasteiger partial charge in [-0.3, -0.25) is 4.90 Å². The van der Waals surface area contributed by atoms with Crippen LogP contribution >= 0.6 is 0 Å². The molecule has 2 aromatic carbocycles. The van der Waals surface area contributed by atoms with E-state index in [2.05, 4.69) is 47.4 Å². The zero-order valence-corrected chi connectivity index (χ0v) is 12.3. The van der Waals surface area contributed by atoms with Gasteiger partial charge in [0.25, 0.3) is 0 Å².